The second-order valence-corrected chi connectivity index (χ2v) is 4.77. The van der Waals surface area contributed by atoms with Gasteiger partial charge in [0.1, 0.15) is 0 Å². The fraction of sp³-hybridized carbons (Fsp3) is 0.846. The molecule has 0 aromatic carbocycles. The van der Waals surface area contributed by atoms with Gasteiger partial charge in [-0.2, -0.15) is 0 Å². The van der Waals surface area contributed by atoms with E-state index in [-0.39, 0.29) is 17.8 Å². The first-order chi connectivity index (χ1) is 8.60. The number of piperidine rings is 1. The second kappa shape index (κ2) is 7.36. The third-order valence-corrected chi connectivity index (χ3v) is 3.27. The quantitative estimate of drug-likeness (QED) is 0.742. The number of nitrogens with two attached hydrogens (primary N) is 1. The summed E-state index contributed by atoms with van der Waals surface area (Å²) in [5.41, 5.74) is 5.83. The minimum Gasteiger partial charge on any atom is -0.466 e. The molecule has 1 heterocycles. The Morgan fingerprint density at radius 3 is 2.78 bits per heavy atom. The van der Waals surface area contributed by atoms with Crippen LogP contribution < -0.4 is 5.73 Å². The van der Waals surface area contributed by atoms with Gasteiger partial charge in [0.2, 0.25) is 5.91 Å². The first kappa shape index (κ1) is 15.0. The Labute approximate surface area is 109 Å². The molecule has 1 saturated heterocycles. The molecule has 0 bridgehead atoms. The predicted octanol–water partition coefficient (Wildman–Crippen LogP) is 0.915. The number of carbonyl (C=O) groups is 2. The number of hydrogen-bond acceptors (Lipinski definition) is 4. The molecule has 1 aliphatic heterocycles. The van der Waals surface area contributed by atoms with E-state index in [1.54, 1.807) is 11.8 Å². The summed E-state index contributed by atoms with van der Waals surface area (Å²) < 4.78 is 5.01. The number of nitrogens with zero attached hydrogens (tertiary/aromatic N) is 1. The molecule has 1 aliphatic rings. The molecule has 0 aromatic heterocycles. The van der Waals surface area contributed by atoms with E-state index in [1.807, 2.05) is 6.92 Å². The van der Waals surface area contributed by atoms with Gasteiger partial charge in [0.15, 0.2) is 0 Å². The Kier molecular flexibility index (Phi) is 6.12. The number of ether oxygens (including phenoxy) is 1. The van der Waals surface area contributed by atoms with Crippen molar-refractivity contribution in [1.29, 1.82) is 0 Å². The minimum atomic E-state index is -0.434. The highest BCUT2D eigenvalue weighted by Gasteiger charge is 2.30. The van der Waals surface area contributed by atoms with Crippen LogP contribution >= 0.6 is 0 Å². The highest BCUT2D eigenvalue weighted by Crippen LogP contribution is 2.18. The number of carbonyl (C=O) groups excluding carboxylic acids is 2. The number of hydrogen-bond donors (Lipinski definition) is 1. The number of likely N-dealkylation sites (tertiary alicyclic amines) is 1. The molecule has 0 aromatic rings. The van der Waals surface area contributed by atoms with Crippen molar-refractivity contribution < 1.29 is 14.3 Å². The van der Waals surface area contributed by atoms with Gasteiger partial charge in [-0.3, -0.25) is 9.59 Å². The van der Waals surface area contributed by atoms with Crippen molar-refractivity contribution in [3.05, 3.63) is 0 Å². The maximum Gasteiger partial charge on any atom is 0.310 e. The summed E-state index contributed by atoms with van der Waals surface area (Å²) in [5, 5.41) is 0. The number of rotatable bonds is 5. The third kappa shape index (κ3) is 3.98. The third-order valence-electron chi connectivity index (χ3n) is 3.27. The Morgan fingerprint density at radius 1 is 1.44 bits per heavy atom. The molecule has 5 heteroatoms. The van der Waals surface area contributed by atoms with Crippen LogP contribution in [-0.4, -0.2) is 42.5 Å². The van der Waals surface area contributed by atoms with E-state index in [1.165, 1.54) is 0 Å². The van der Waals surface area contributed by atoms with E-state index in [2.05, 4.69) is 0 Å². The van der Waals surface area contributed by atoms with Gasteiger partial charge < -0.3 is 15.4 Å². The van der Waals surface area contributed by atoms with Gasteiger partial charge in [-0.15, -0.1) is 0 Å². The number of amides is 1. The normalized spacial score (nSPS) is 21.5. The molecule has 0 spiro atoms. The summed E-state index contributed by atoms with van der Waals surface area (Å²) in [7, 11) is 0. The van der Waals surface area contributed by atoms with E-state index < -0.39 is 6.04 Å². The smallest absolute Gasteiger partial charge is 0.310 e. The van der Waals surface area contributed by atoms with Gasteiger partial charge in [0.25, 0.3) is 0 Å². The highest BCUT2D eigenvalue weighted by molar-refractivity contribution is 5.82. The summed E-state index contributed by atoms with van der Waals surface area (Å²) in [6.45, 7) is 5.34. The van der Waals surface area contributed by atoms with E-state index in [0.29, 0.717) is 26.1 Å². The Bertz CT molecular complexity index is 294. The summed E-state index contributed by atoms with van der Waals surface area (Å²) in [5.74, 6) is -0.415. The molecule has 1 amide bonds. The van der Waals surface area contributed by atoms with Gasteiger partial charge in [-0.05, 0) is 26.2 Å². The van der Waals surface area contributed by atoms with Crippen molar-refractivity contribution in [1.82, 2.24) is 4.90 Å². The van der Waals surface area contributed by atoms with Crippen LogP contribution in [0.2, 0.25) is 0 Å². The highest BCUT2D eigenvalue weighted by atomic mass is 16.5. The van der Waals surface area contributed by atoms with Gasteiger partial charge >= 0.3 is 5.97 Å². The maximum atomic E-state index is 12.1. The summed E-state index contributed by atoms with van der Waals surface area (Å²) in [6.07, 6.45) is 3.22. The summed E-state index contributed by atoms with van der Waals surface area (Å²) in [4.78, 5) is 25.4. The van der Waals surface area contributed by atoms with Crippen LogP contribution in [0.5, 0.6) is 0 Å². The second-order valence-electron chi connectivity index (χ2n) is 4.77. The monoisotopic (exact) mass is 256 g/mol. The standard InChI is InChI=1S/C13H24N2O3/c1-3-6-11(14)12(16)15-8-5-7-10(9-15)13(17)18-4-2/h10-11H,3-9,14H2,1-2H3/t10?,11-/m1/s1. The first-order valence-corrected chi connectivity index (χ1v) is 6.81. The lowest BCUT2D eigenvalue weighted by atomic mass is 9.97. The maximum absolute atomic E-state index is 12.1. The van der Waals surface area contributed by atoms with Gasteiger partial charge in [0, 0.05) is 13.1 Å². The van der Waals surface area contributed by atoms with Gasteiger partial charge in [-0.25, -0.2) is 0 Å². The Morgan fingerprint density at radius 2 is 2.17 bits per heavy atom. The first-order valence-electron chi connectivity index (χ1n) is 6.81. The zero-order valence-corrected chi connectivity index (χ0v) is 11.4. The van der Waals surface area contributed by atoms with Crippen LogP contribution in [0, 0.1) is 5.92 Å². The average Bonchev–Trinajstić information content (AvgIpc) is 2.38. The molecule has 0 saturated carbocycles. The molecule has 0 aliphatic carbocycles. The lowest BCUT2D eigenvalue weighted by Crippen LogP contribution is -2.49. The van der Waals surface area contributed by atoms with Crippen LogP contribution in [0.4, 0.5) is 0 Å². The molecule has 18 heavy (non-hydrogen) atoms. The van der Waals surface area contributed by atoms with Crippen molar-refractivity contribution >= 4 is 11.9 Å². The lowest BCUT2D eigenvalue weighted by Gasteiger charge is -2.33. The molecule has 2 atom stereocenters. The molecule has 1 fully saturated rings. The Balaban J connectivity index is 2.52. The van der Waals surface area contributed by atoms with Crippen molar-refractivity contribution in [3.8, 4) is 0 Å². The lowest BCUT2D eigenvalue weighted by molar-refractivity contribution is -0.151. The van der Waals surface area contributed by atoms with Gasteiger partial charge in [-0.1, -0.05) is 13.3 Å². The topological polar surface area (TPSA) is 72.6 Å². The van der Waals surface area contributed by atoms with E-state index in [9.17, 15) is 9.59 Å². The van der Waals surface area contributed by atoms with Gasteiger partial charge in [0.05, 0.1) is 18.6 Å². The minimum absolute atomic E-state index is 0.0363. The van der Waals surface area contributed by atoms with Crippen LogP contribution in [0.3, 0.4) is 0 Å². The zero-order chi connectivity index (χ0) is 13.5. The molecule has 1 unspecified atom stereocenters. The summed E-state index contributed by atoms with van der Waals surface area (Å²) in [6, 6.07) is -0.434. The largest absolute Gasteiger partial charge is 0.466 e. The van der Waals surface area contributed by atoms with Crippen LogP contribution in [0.1, 0.15) is 39.5 Å². The van der Waals surface area contributed by atoms with Crippen LogP contribution in [0.15, 0.2) is 0 Å². The molecular formula is C13H24N2O3. The molecule has 1 rings (SSSR count). The Hall–Kier alpha value is -1.10. The van der Waals surface area contributed by atoms with Crippen molar-refractivity contribution in [2.75, 3.05) is 19.7 Å². The summed E-state index contributed by atoms with van der Waals surface area (Å²) >= 11 is 0. The average molecular weight is 256 g/mol. The van der Waals surface area contributed by atoms with Crippen molar-refractivity contribution in [3.63, 3.8) is 0 Å². The molecule has 0 radical (unpaired) electrons. The number of esters is 1. The predicted molar refractivity (Wildman–Crippen MR) is 68.8 cm³/mol. The van der Waals surface area contributed by atoms with Crippen LogP contribution in [-0.2, 0) is 14.3 Å². The molecule has 104 valence electrons. The van der Waals surface area contributed by atoms with Crippen molar-refractivity contribution in [2.45, 2.75) is 45.6 Å². The van der Waals surface area contributed by atoms with E-state index in [0.717, 1.165) is 19.3 Å². The zero-order valence-electron chi connectivity index (χ0n) is 11.4. The molecular weight excluding hydrogens is 232 g/mol. The molecule has 2 N–H and O–H groups in total. The van der Waals surface area contributed by atoms with E-state index in [4.69, 9.17) is 10.5 Å². The fourth-order valence-corrected chi connectivity index (χ4v) is 2.30. The van der Waals surface area contributed by atoms with Crippen molar-refractivity contribution in [2.24, 2.45) is 11.7 Å². The molecule has 5 nitrogen and oxygen atoms in total. The van der Waals surface area contributed by atoms with Crippen LogP contribution in [0.25, 0.3) is 0 Å². The van der Waals surface area contributed by atoms with E-state index >= 15 is 0 Å². The fourth-order valence-electron chi connectivity index (χ4n) is 2.30. The SMILES string of the molecule is CCC[C@@H](N)C(=O)N1CCCC(C(=O)OCC)C1.